The second kappa shape index (κ2) is 14.6. The van der Waals surface area contributed by atoms with E-state index in [9.17, 15) is 0 Å². The van der Waals surface area contributed by atoms with E-state index in [4.69, 9.17) is 14.7 Å². The van der Waals surface area contributed by atoms with Crippen LogP contribution >= 0.6 is 0 Å². The first-order valence-corrected chi connectivity index (χ1v) is 21.4. The summed E-state index contributed by atoms with van der Waals surface area (Å²) < 4.78 is 9.76. The van der Waals surface area contributed by atoms with E-state index in [-0.39, 0.29) is 5.41 Å². The summed E-state index contributed by atoms with van der Waals surface area (Å²) in [6.45, 7) is 9.11. The van der Waals surface area contributed by atoms with Gasteiger partial charge in [-0.25, -0.2) is 0 Å². The van der Waals surface area contributed by atoms with Gasteiger partial charge in [0.1, 0.15) is 11.5 Å². The Morgan fingerprint density at radius 3 is 1.74 bits per heavy atom. The summed E-state index contributed by atoms with van der Waals surface area (Å²) in [6.07, 6.45) is 0. The number of aromatic nitrogens is 3. The first kappa shape index (κ1) is 37.4. The Labute approximate surface area is 362 Å². The number of hydrogen-bond acceptors (Lipinski definition) is 3. The van der Waals surface area contributed by atoms with E-state index < -0.39 is 5.41 Å². The fourth-order valence-electron chi connectivity index (χ4n) is 9.55. The minimum absolute atomic E-state index is 0.364. The van der Waals surface area contributed by atoms with Crippen LogP contribution in [0, 0.1) is 0 Å². The lowest BCUT2D eigenvalue weighted by Gasteiger charge is -2.37. The number of fused-ring (bicyclic) bond motifs is 5. The van der Waals surface area contributed by atoms with Gasteiger partial charge in [-0.2, -0.15) is 0 Å². The quantitative estimate of drug-likeness (QED) is 0.161. The molecular weight excluding hydrogens is 755 g/mol. The average molecular weight is 800 g/mol. The van der Waals surface area contributed by atoms with Crippen molar-refractivity contribution in [3.63, 3.8) is 0 Å². The zero-order valence-corrected chi connectivity index (χ0v) is 35.3. The van der Waals surface area contributed by atoms with Crippen LogP contribution in [0.2, 0.25) is 0 Å². The Hall–Kier alpha value is -7.56. The Balaban J connectivity index is 1.09. The highest BCUT2D eigenvalue weighted by atomic mass is 16.5. The van der Waals surface area contributed by atoms with Crippen LogP contribution in [0.3, 0.4) is 0 Å². The maximum absolute atomic E-state index is 7.39. The molecule has 1 aliphatic heterocycles. The number of ether oxygens (including phenoxy) is 1. The van der Waals surface area contributed by atoms with Crippen LogP contribution in [0.4, 0.5) is 0 Å². The molecule has 10 aromatic rings. The van der Waals surface area contributed by atoms with Crippen molar-refractivity contribution in [3.05, 3.63) is 223 Å². The van der Waals surface area contributed by atoms with Crippen LogP contribution in [0.25, 0.3) is 72.3 Å². The number of pyridine rings is 2. The Morgan fingerprint density at radius 2 is 1.03 bits per heavy atom. The lowest BCUT2D eigenvalue weighted by molar-refractivity contribution is 0.421. The van der Waals surface area contributed by atoms with E-state index in [1.54, 1.807) is 0 Å². The van der Waals surface area contributed by atoms with Crippen molar-refractivity contribution in [2.45, 2.75) is 38.5 Å². The minimum Gasteiger partial charge on any atom is -0.455 e. The highest BCUT2D eigenvalue weighted by Crippen LogP contribution is 2.55. The summed E-state index contributed by atoms with van der Waals surface area (Å²) in [5, 5.41) is 2.45. The molecule has 0 aliphatic carbocycles. The second-order valence-electron chi connectivity index (χ2n) is 17.4. The van der Waals surface area contributed by atoms with Gasteiger partial charge in [0, 0.05) is 66.2 Å². The largest absolute Gasteiger partial charge is 0.455 e. The normalized spacial score (nSPS) is 13.1. The van der Waals surface area contributed by atoms with Gasteiger partial charge in [0.25, 0.3) is 0 Å². The smallest absolute Gasteiger partial charge is 0.139 e. The number of hydrogen-bond donors (Lipinski definition) is 0. The monoisotopic (exact) mass is 799 g/mol. The molecule has 3 aromatic heterocycles. The zero-order valence-electron chi connectivity index (χ0n) is 35.3. The maximum atomic E-state index is 7.39. The summed E-state index contributed by atoms with van der Waals surface area (Å²) >= 11 is 0. The predicted octanol–water partition coefficient (Wildman–Crippen LogP) is 15.0. The zero-order chi connectivity index (χ0) is 42.0. The topological polar surface area (TPSA) is 39.9 Å². The molecule has 0 fully saturated rings. The van der Waals surface area contributed by atoms with Gasteiger partial charge in [-0.1, -0.05) is 172 Å². The second-order valence-corrected chi connectivity index (χ2v) is 17.4. The molecule has 298 valence electrons. The number of nitrogens with zero attached hydrogens (tertiary/aromatic N) is 3. The molecule has 4 heteroatoms. The summed E-state index contributed by atoms with van der Waals surface area (Å²) in [7, 11) is 0. The van der Waals surface area contributed by atoms with E-state index in [2.05, 4.69) is 220 Å². The summed E-state index contributed by atoms with van der Waals surface area (Å²) in [4.78, 5) is 10.8. The van der Waals surface area contributed by atoms with Crippen molar-refractivity contribution < 1.29 is 4.74 Å². The molecule has 62 heavy (non-hydrogen) atoms. The average Bonchev–Trinajstić information content (AvgIpc) is 3.66. The van der Waals surface area contributed by atoms with Crippen LogP contribution in [0.15, 0.2) is 200 Å². The Kier molecular flexibility index (Phi) is 8.80. The molecule has 0 saturated carbocycles. The van der Waals surface area contributed by atoms with E-state index in [1.807, 2.05) is 12.1 Å². The van der Waals surface area contributed by atoms with Gasteiger partial charge < -0.3 is 9.30 Å². The minimum atomic E-state index is -0.590. The molecule has 7 aromatic carbocycles. The molecule has 4 nitrogen and oxygen atoms in total. The van der Waals surface area contributed by atoms with E-state index >= 15 is 0 Å². The predicted molar refractivity (Wildman–Crippen MR) is 255 cm³/mol. The van der Waals surface area contributed by atoms with Crippen LogP contribution in [-0.2, 0) is 10.8 Å². The summed E-state index contributed by atoms with van der Waals surface area (Å²) in [5.41, 5.74) is 14.9. The number of benzene rings is 7. The summed E-state index contributed by atoms with van der Waals surface area (Å²) in [5.74, 6) is 1.74. The van der Waals surface area contributed by atoms with Crippen LogP contribution < -0.4 is 4.74 Å². The third kappa shape index (κ3) is 6.05. The lowest BCUT2D eigenvalue weighted by Crippen LogP contribution is -2.26. The van der Waals surface area contributed by atoms with E-state index in [0.717, 1.165) is 90.0 Å². The molecular formula is C58H45N3O. The molecule has 0 amide bonds. The SMILES string of the molecule is CC1(C)c2cccc(-c3ccc4c5ccccc5n(-c5ccccc5)c4c3)c2Oc2c(-c3ccc(-c4ccccc4)nc3C(C)(C)c3cccc(-c4ccccc4)n3)cccc21. The number of para-hydroxylation sites is 4. The van der Waals surface area contributed by atoms with Crippen molar-refractivity contribution in [1.29, 1.82) is 0 Å². The molecule has 0 spiro atoms. The van der Waals surface area contributed by atoms with Crippen molar-refractivity contribution in [2.24, 2.45) is 0 Å². The van der Waals surface area contributed by atoms with Crippen LogP contribution in [0.1, 0.15) is 50.2 Å². The lowest BCUT2D eigenvalue weighted by atomic mass is 9.73. The van der Waals surface area contributed by atoms with Gasteiger partial charge in [-0.15, -0.1) is 0 Å². The standard InChI is InChI=1S/C58H45N3O/c1-57(2)47-28-16-26-42(40-33-34-44-43-25-14-15-31-51(43)61(52(44)37-40)41-23-12-7-13-24-41)54(47)62-55-45(27-17-29-48(55)57)46-35-36-50(39-21-10-6-11-22-39)60-56(46)58(3,4)53-32-18-30-49(59-53)38-19-8-5-9-20-38/h5-37H,1-4H3. The molecule has 0 bridgehead atoms. The maximum Gasteiger partial charge on any atom is 0.139 e. The third-order valence-corrected chi connectivity index (χ3v) is 12.9. The third-order valence-electron chi connectivity index (χ3n) is 12.9. The number of rotatable bonds is 7. The highest BCUT2D eigenvalue weighted by molar-refractivity contribution is 6.10. The van der Waals surface area contributed by atoms with Gasteiger partial charge in [-0.05, 0) is 61.9 Å². The molecule has 11 rings (SSSR count). The van der Waals surface area contributed by atoms with E-state index in [1.165, 1.54) is 16.3 Å². The fourth-order valence-corrected chi connectivity index (χ4v) is 9.55. The summed E-state index contributed by atoms with van der Waals surface area (Å²) in [6, 6.07) is 70.9. The van der Waals surface area contributed by atoms with Crippen LogP contribution in [-0.4, -0.2) is 14.5 Å². The molecule has 0 unspecified atom stereocenters. The molecule has 0 atom stereocenters. The van der Waals surface area contributed by atoms with Gasteiger partial charge in [0.05, 0.1) is 33.8 Å². The van der Waals surface area contributed by atoms with Gasteiger partial charge >= 0.3 is 0 Å². The molecule has 0 radical (unpaired) electrons. The van der Waals surface area contributed by atoms with Gasteiger partial charge in [0.15, 0.2) is 0 Å². The highest BCUT2D eigenvalue weighted by Gasteiger charge is 2.39. The van der Waals surface area contributed by atoms with Crippen molar-refractivity contribution >= 4 is 21.8 Å². The van der Waals surface area contributed by atoms with Crippen molar-refractivity contribution in [1.82, 2.24) is 14.5 Å². The molecule has 1 aliphatic rings. The van der Waals surface area contributed by atoms with Gasteiger partial charge in [0.2, 0.25) is 0 Å². The molecule has 0 saturated heterocycles. The molecule has 4 heterocycles. The van der Waals surface area contributed by atoms with Gasteiger partial charge in [-0.3, -0.25) is 9.97 Å². The first-order valence-electron chi connectivity index (χ1n) is 21.4. The van der Waals surface area contributed by atoms with E-state index in [0.29, 0.717) is 0 Å². The Morgan fingerprint density at radius 1 is 0.452 bits per heavy atom. The van der Waals surface area contributed by atoms with Crippen molar-refractivity contribution in [3.8, 4) is 62.0 Å². The molecule has 0 N–H and O–H groups in total. The first-order chi connectivity index (χ1) is 30.3. The Bertz CT molecular complexity index is 3310. The van der Waals surface area contributed by atoms with Crippen molar-refractivity contribution in [2.75, 3.05) is 0 Å². The fraction of sp³-hybridized carbons (Fsp3) is 0.103. The van der Waals surface area contributed by atoms with Crippen LogP contribution in [0.5, 0.6) is 11.5 Å².